The normalized spacial score (nSPS) is 19.1. The topological polar surface area (TPSA) is 49.3 Å². The number of hydrogen-bond donors (Lipinski definition) is 2. The van der Waals surface area contributed by atoms with Crippen LogP contribution in [0, 0.1) is 0 Å². The van der Waals surface area contributed by atoms with E-state index in [4.69, 9.17) is 0 Å². The number of benzene rings is 1. The number of allylic oxidation sites excluding steroid dienone is 1. The van der Waals surface area contributed by atoms with Crippen LogP contribution in [0.1, 0.15) is 32.1 Å². The molecule has 0 radical (unpaired) electrons. The lowest BCUT2D eigenvalue weighted by Crippen LogP contribution is -2.02. The largest absolute Gasteiger partial charge is 0.508 e. The summed E-state index contributed by atoms with van der Waals surface area (Å²) in [6, 6.07) is 6.89. The third-order valence-electron chi connectivity index (χ3n) is 2.97. The Morgan fingerprint density at radius 3 is 2.82 bits per heavy atom. The summed E-state index contributed by atoms with van der Waals surface area (Å²) in [6.45, 7) is 0. The number of Topliss-reactive ketones (excluding diaryl/α,β-unsaturated/α-hetero) is 1. The highest BCUT2D eigenvalue weighted by atomic mass is 16.3. The van der Waals surface area contributed by atoms with Crippen LogP contribution in [0.2, 0.25) is 0 Å². The Bertz CT molecular complexity index is 438. The fourth-order valence-electron chi connectivity index (χ4n) is 2.00. The summed E-state index contributed by atoms with van der Waals surface area (Å²) in [6.07, 6.45) is 6.51. The highest BCUT2D eigenvalue weighted by Crippen LogP contribution is 2.20. The van der Waals surface area contributed by atoms with Crippen molar-refractivity contribution in [1.29, 1.82) is 0 Å². The number of aromatic hydroxyl groups is 1. The molecule has 1 saturated carbocycles. The average Bonchev–Trinajstić information content (AvgIpc) is 2.52. The zero-order valence-corrected chi connectivity index (χ0v) is 9.78. The summed E-state index contributed by atoms with van der Waals surface area (Å²) in [5, 5.41) is 12.4. The van der Waals surface area contributed by atoms with Gasteiger partial charge >= 0.3 is 0 Å². The minimum atomic E-state index is 0.223. The maximum absolute atomic E-state index is 11.7. The highest BCUT2D eigenvalue weighted by molar-refractivity contribution is 5.95. The molecule has 0 aliphatic heterocycles. The summed E-state index contributed by atoms with van der Waals surface area (Å²) in [5.41, 5.74) is 1.67. The van der Waals surface area contributed by atoms with Crippen LogP contribution in [-0.4, -0.2) is 10.9 Å². The Morgan fingerprint density at radius 1 is 1.18 bits per heavy atom. The Labute approximate surface area is 101 Å². The van der Waals surface area contributed by atoms with E-state index in [1.165, 1.54) is 0 Å². The van der Waals surface area contributed by atoms with Gasteiger partial charge in [-0.3, -0.25) is 4.79 Å². The second-order valence-corrected chi connectivity index (χ2v) is 4.35. The Kier molecular flexibility index (Phi) is 3.81. The lowest BCUT2D eigenvalue weighted by molar-refractivity contribution is -0.115. The van der Waals surface area contributed by atoms with Gasteiger partial charge in [-0.2, -0.15) is 0 Å². The number of carbonyl (C=O) groups is 1. The van der Waals surface area contributed by atoms with Gasteiger partial charge < -0.3 is 10.4 Å². The molecule has 17 heavy (non-hydrogen) atoms. The van der Waals surface area contributed by atoms with E-state index in [-0.39, 0.29) is 11.5 Å². The smallest absolute Gasteiger partial charge is 0.160 e. The van der Waals surface area contributed by atoms with Crippen LogP contribution < -0.4 is 5.32 Å². The van der Waals surface area contributed by atoms with E-state index in [0.717, 1.165) is 36.9 Å². The molecule has 3 heteroatoms. The maximum Gasteiger partial charge on any atom is 0.160 e. The average molecular weight is 231 g/mol. The van der Waals surface area contributed by atoms with Gasteiger partial charge in [0, 0.05) is 29.9 Å². The fourth-order valence-corrected chi connectivity index (χ4v) is 2.00. The number of nitrogens with one attached hydrogen (secondary N) is 1. The summed E-state index contributed by atoms with van der Waals surface area (Å²) in [5.74, 6) is 0.468. The summed E-state index contributed by atoms with van der Waals surface area (Å²) >= 11 is 0. The zero-order chi connectivity index (χ0) is 12.1. The quantitative estimate of drug-likeness (QED) is 0.607. The van der Waals surface area contributed by atoms with Crippen LogP contribution >= 0.6 is 0 Å². The van der Waals surface area contributed by atoms with E-state index in [2.05, 4.69) is 5.32 Å². The molecular weight excluding hydrogens is 214 g/mol. The van der Waals surface area contributed by atoms with Crippen molar-refractivity contribution in [1.82, 2.24) is 0 Å². The Balaban J connectivity index is 2.06. The van der Waals surface area contributed by atoms with Gasteiger partial charge in [0.15, 0.2) is 5.78 Å². The molecule has 0 heterocycles. The molecule has 1 aliphatic rings. The van der Waals surface area contributed by atoms with Crippen molar-refractivity contribution < 1.29 is 9.90 Å². The molecule has 1 aromatic carbocycles. The van der Waals surface area contributed by atoms with E-state index in [1.807, 2.05) is 6.07 Å². The van der Waals surface area contributed by atoms with Crippen LogP contribution in [0.5, 0.6) is 5.75 Å². The van der Waals surface area contributed by atoms with Crippen LogP contribution in [-0.2, 0) is 4.79 Å². The van der Waals surface area contributed by atoms with Crippen LogP contribution in [0.25, 0.3) is 0 Å². The van der Waals surface area contributed by atoms with Crippen molar-refractivity contribution in [3.05, 3.63) is 36.0 Å². The molecule has 0 unspecified atom stereocenters. The first-order chi connectivity index (χ1) is 8.25. The van der Waals surface area contributed by atoms with Gasteiger partial charge in [0.25, 0.3) is 0 Å². The highest BCUT2D eigenvalue weighted by Gasteiger charge is 2.12. The van der Waals surface area contributed by atoms with Gasteiger partial charge in [0.2, 0.25) is 0 Å². The molecule has 0 amide bonds. The molecule has 0 atom stereocenters. The van der Waals surface area contributed by atoms with Crippen LogP contribution in [0.4, 0.5) is 5.69 Å². The predicted molar refractivity (Wildman–Crippen MR) is 67.9 cm³/mol. The number of ketones is 1. The minimum absolute atomic E-state index is 0.223. The molecule has 2 N–H and O–H groups in total. The lowest BCUT2D eigenvalue weighted by atomic mass is 10.1. The van der Waals surface area contributed by atoms with Crippen molar-refractivity contribution >= 4 is 11.5 Å². The van der Waals surface area contributed by atoms with Crippen molar-refractivity contribution in [3.8, 4) is 5.75 Å². The van der Waals surface area contributed by atoms with Gasteiger partial charge in [-0.25, -0.2) is 0 Å². The van der Waals surface area contributed by atoms with E-state index in [1.54, 1.807) is 24.4 Å². The molecule has 1 aliphatic carbocycles. The van der Waals surface area contributed by atoms with Gasteiger partial charge in [0.1, 0.15) is 5.75 Å². The lowest BCUT2D eigenvalue weighted by Gasteiger charge is -2.05. The second kappa shape index (κ2) is 5.53. The second-order valence-electron chi connectivity index (χ2n) is 4.35. The molecule has 1 aromatic rings. The summed E-state index contributed by atoms with van der Waals surface area (Å²) in [4.78, 5) is 11.7. The van der Waals surface area contributed by atoms with Gasteiger partial charge in [0.05, 0.1) is 0 Å². The Hall–Kier alpha value is -1.77. The number of phenols is 1. The molecule has 2 rings (SSSR count). The monoisotopic (exact) mass is 231 g/mol. The molecule has 1 fully saturated rings. The number of anilines is 1. The van der Waals surface area contributed by atoms with Crippen molar-refractivity contribution in [2.24, 2.45) is 0 Å². The number of rotatable bonds is 2. The van der Waals surface area contributed by atoms with E-state index < -0.39 is 0 Å². The Morgan fingerprint density at radius 2 is 2.00 bits per heavy atom. The minimum Gasteiger partial charge on any atom is -0.508 e. The number of phenolic OH excluding ortho intramolecular Hbond substituents is 1. The molecular formula is C14H17NO2. The molecule has 3 nitrogen and oxygen atoms in total. The first-order valence-electron chi connectivity index (χ1n) is 6.03. The van der Waals surface area contributed by atoms with E-state index >= 15 is 0 Å². The molecule has 0 aromatic heterocycles. The van der Waals surface area contributed by atoms with Gasteiger partial charge in [-0.05, 0) is 31.4 Å². The van der Waals surface area contributed by atoms with Crippen LogP contribution in [0.3, 0.4) is 0 Å². The maximum atomic E-state index is 11.7. The first kappa shape index (κ1) is 11.7. The van der Waals surface area contributed by atoms with Crippen molar-refractivity contribution in [2.45, 2.75) is 32.1 Å². The van der Waals surface area contributed by atoms with E-state index in [0.29, 0.717) is 6.42 Å². The van der Waals surface area contributed by atoms with Crippen molar-refractivity contribution in [2.75, 3.05) is 5.32 Å². The molecule has 0 bridgehead atoms. The first-order valence-corrected chi connectivity index (χ1v) is 6.03. The third-order valence-corrected chi connectivity index (χ3v) is 2.97. The summed E-state index contributed by atoms with van der Waals surface area (Å²) in [7, 11) is 0. The standard InChI is InChI=1S/C14H17NO2/c16-13-7-4-6-12(9-13)15-10-11-5-2-1-3-8-14(11)17/h4,6-7,9-10,15-16H,1-3,5,8H2. The summed E-state index contributed by atoms with van der Waals surface area (Å²) < 4.78 is 0. The molecule has 0 spiro atoms. The predicted octanol–water partition coefficient (Wildman–Crippen LogP) is 3.22. The fraction of sp³-hybridized carbons (Fsp3) is 0.357. The molecule has 0 saturated heterocycles. The molecule has 90 valence electrons. The van der Waals surface area contributed by atoms with Gasteiger partial charge in [-0.1, -0.05) is 12.5 Å². The number of hydrogen-bond acceptors (Lipinski definition) is 3. The van der Waals surface area contributed by atoms with Crippen LogP contribution in [0.15, 0.2) is 36.0 Å². The zero-order valence-electron chi connectivity index (χ0n) is 9.78. The third kappa shape index (κ3) is 3.34. The SMILES string of the molecule is O=C1CCCCCC1=CNc1cccc(O)c1. The van der Waals surface area contributed by atoms with Crippen molar-refractivity contribution in [3.63, 3.8) is 0 Å². The number of carbonyl (C=O) groups excluding carboxylic acids is 1. The van der Waals surface area contributed by atoms with E-state index in [9.17, 15) is 9.90 Å². The van der Waals surface area contributed by atoms with Gasteiger partial charge in [-0.15, -0.1) is 0 Å².